The van der Waals surface area contributed by atoms with Crippen LogP contribution in [0.25, 0.3) is 33.1 Å². The molecular formula is C25H21N5OS2. The number of H-pyrrole nitrogens is 1. The second-order valence-electron chi connectivity index (χ2n) is 8.10. The Morgan fingerprint density at radius 3 is 2.82 bits per heavy atom. The molecule has 4 aromatic heterocycles. The Morgan fingerprint density at radius 2 is 1.94 bits per heavy atom. The number of aryl methyl sites for hydroxylation is 1. The fraction of sp³-hybridized carbons (Fsp3) is 0.200. The molecule has 0 radical (unpaired) electrons. The molecule has 6 rings (SSSR count). The number of aromatic nitrogens is 4. The van der Waals surface area contributed by atoms with Crippen LogP contribution in [-0.4, -0.2) is 25.8 Å². The van der Waals surface area contributed by atoms with Crippen LogP contribution < -0.4 is 5.32 Å². The van der Waals surface area contributed by atoms with E-state index < -0.39 is 0 Å². The average molecular weight is 472 g/mol. The van der Waals surface area contributed by atoms with E-state index in [0.717, 1.165) is 56.7 Å². The number of thiophene rings is 1. The van der Waals surface area contributed by atoms with Crippen molar-refractivity contribution < 1.29 is 4.79 Å². The van der Waals surface area contributed by atoms with Crippen molar-refractivity contribution in [2.24, 2.45) is 0 Å². The van der Waals surface area contributed by atoms with E-state index in [1.54, 1.807) is 17.5 Å². The number of aromatic amines is 1. The minimum absolute atomic E-state index is 0.0659. The number of benzene rings is 1. The molecule has 0 atom stereocenters. The molecule has 8 heteroatoms. The first kappa shape index (κ1) is 20.3. The molecule has 0 aliphatic heterocycles. The van der Waals surface area contributed by atoms with Crippen molar-refractivity contribution in [1.82, 2.24) is 19.9 Å². The first-order valence-electron chi connectivity index (χ1n) is 11.0. The van der Waals surface area contributed by atoms with E-state index in [1.807, 2.05) is 47.8 Å². The summed E-state index contributed by atoms with van der Waals surface area (Å²) in [7, 11) is 0. The van der Waals surface area contributed by atoms with Gasteiger partial charge >= 0.3 is 0 Å². The number of anilines is 1. The summed E-state index contributed by atoms with van der Waals surface area (Å²) in [5, 5.41) is 6.82. The molecule has 5 aromatic rings. The van der Waals surface area contributed by atoms with Gasteiger partial charge in [0.2, 0.25) is 5.91 Å². The maximum Gasteiger partial charge on any atom is 0.231 e. The lowest BCUT2D eigenvalue weighted by Gasteiger charge is -2.12. The van der Waals surface area contributed by atoms with Crippen LogP contribution in [0.2, 0.25) is 0 Å². The van der Waals surface area contributed by atoms with E-state index in [0.29, 0.717) is 0 Å². The van der Waals surface area contributed by atoms with Crippen molar-refractivity contribution in [1.29, 1.82) is 0 Å². The molecule has 0 fully saturated rings. The number of rotatable bonds is 5. The third-order valence-corrected chi connectivity index (χ3v) is 7.95. The predicted molar refractivity (Wildman–Crippen MR) is 134 cm³/mol. The number of para-hydroxylation sites is 2. The lowest BCUT2D eigenvalue weighted by molar-refractivity contribution is -0.115. The maximum absolute atomic E-state index is 13.0. The molecule has 2 N–H and O–H groups in total. The molecule has 33 heavy (non-hydrogen) atoms. The SMILES string of the molecule is O=C(Cc1csc(-c2ccccn2)n1)Nc1sc2c(c1-c1nc3ccccc3[nH]1)CCCC2. The quantitative estimate of drug-likeness (QED) is 0.336. The van der Waals surface area contributed by atoms with Crippen LogP contribution in [0.3, 0.4) is 0 Å². The van der Waals surface area contributed by atoms with Crippen molar-refractivity contribution in [3.8, 4) is 22.1 Å². The molecule has 0 unspecified atom stereocenters. The van der Waals surface area contributed by atoms with Gasteiger partial charge in [-0.2, -0.15) is 0 Å². The number of nitrogens with zero attached hydrogens (tertiary/aromatic N) is 3. The first-order chi connectivity index (χ1) is 16.2. The molecule has 0 saturated heterocycles. The van der Waals surface area contributed by atoms with Crippen LogP contribution in [0.1, 0.15) is 29.0 Å². The first-order valence-corrected chi connectivity index (χ1v) is 12.7. The Kier molecular flexibility index (Phi) is 5.24. The highest BCUT2D eigenvalue weighted by Gasteiger charge is 2.25. The second-order valence-corrected chi connectivity index (χ2v) is 10.1. The van der Waals surface area contributed by atoms with Gasteiger partial charge in [0.25, 0.3) is 0 Å². The van der Waals surface area contributed by atoms with Crippen LogP contribution >= 0.6 is 22.7 Å². The van der Waals surface area contributed by atoms with Crippen LogP contribution in [0.15, 0.2) is 54.0 Å². The predicted octanol–water partition coefficient (Wildman–Crippen LogP) is 5.87. The van der Waals surface area contributed by atoms with Gasteiger partial charge in [-0.15, -0.1) is 22.7 Å². The zero-order valence-electron chi connectivity index (χ0n) is 17.8. The minimum atomic E-state index is -0.0659. The van der Waals surface area contributed by atoms with Gasteiger partial charge in [0.1, 0.15) is 15.8 Å². The second kappa shape index (κ2) is 8.53. The summed E-state index contributed by atoms with van der Waals surface area (Å²) in [5.74, 6) is 0.765. The van der Waals surface area contributed by atoms with Crippen LogP contribution in [0.5, 0.6) is 0 Å². The highest BCUT2D eigenvalue weighted by Crippen LogP contribution is 2.43. The molecule has 0 bridgehead atoms. The zero-order chi connectivity index (χ0) is 22.2. The highest BCUT2D eigenvalue weighted by molar-refractivity contribution is 7.17. The van der Waals surface area contributed by atoms with Crippen LogP contribution in [-0.2, 0) is 24.1 Å². The topological polar surface area (TPSA) is 83.6 Å². The lowest BCUT2D eigenvalue weighted by atomic mass is 9.95. The molecular weight excluding hydrogens is 450 g/mol. The normalized spacial score (nSPS) is 13.2. The number of nitrogens with one attached hydrogen (secondary N) is 2. The fourth-order valence-electron chi connectivity index (χ4n) is 4.31. The average Bonchev–Trinajstić information content (AvgIpc) is 3.55. The van der Waals surface area contributed by atoms with E-state index in [-0.39, 0.29) is 12.3 Å². The van der Waals surface area contributed by atoms with Gasteiger partial charge in [-0.05, 0) is 55.5 Å². The number of hydrogen-bond acceptors (Lipinski definition) is 6. The molecule has 4 heterocycles. The molecule has 164 valence electrons. The van der Waals surface area contributed by atoms with Crippen molar-refractivity contribution in [2.45, 2.75) is 32.1 Å². The Hall–Kier alpha value is -3.36. The van der Waals surface area contributed by atoms with Gasteiger partial charge in [0, 0.05) is 16.5 Å². The van der Waals surface area contributed by atoms with E-state index in [9.17, 15) is 4.79 Å². The maximum atomic E-state index is 13.0. The summed E-state index contributed by atoms with van der Waals surface area (Å²) >= 11 is 3.20. The summed E-state index contributed by atoms with van der Waals surface area (Å²) in [4.78, 5) is 31.6. The molecule has 1 amide bonds. The smallest absolute Gasteiger partial charge is 0.231 e. The van der Waals surface area contributed by atoms with E-state index in [4.69, 9.17) is 4.98 Å². The van der Waals surface area contributed by atoms with Gasteiger partial charge in [-0.1, -0.05) is 18.2 Å². The fourth-order valence-corrected chi connectivity index (χ4v) is 6.41. The Bertz CT molecular complexity index is 1420. The van der Waals surface area contributed by atoms with E-state index >= 15 is 0 Å². The third kappa shape index (κ3) is 3.96. The number of thiazole rings is 1. The third-order valence-electron chi connectivity index (χ3n) is 5.83. The van der Waals surface area contributed by atoms with Gasteiger partial charge in [-0.3, -0.25) is 9.78 Å². The van der Waals surface area contributed by atoms with Crippen LogP contribution in [0, 0.1) is 0 Å². The van der Waals surface area contributed by atoms with Crippen molar-refractivity contribution >= 4 is 44.6 Å². The number of hydrogen-bond donors (Lipinski definition) is 2. The highest BCUT2D eigenvalue weighted by atomic mass is 32.1. The summed E-state index contributed by atoms with van der Waals surface area (Å²) in [6.07, 6.45) is 6.41. The van der Waals surface area contributed by atoms with Gasteiger partial charge < -0.3 is 10.3 Å². The summed E-state index contributed by atoms with van der Waals surface area (Å²) < 4.78 is 0. The number of fused-ring (bicyclic) bond motifs is 2. The van der Waals surface area contributed by atoms with E-state index in [1.165, 1.54) is 34.6 Å². The summed E-state index contributed by atoms with van der Waals surface area (Å²) in [6, 6.07) is 13.8. The Balaban J connectivity index is 1.29. The van der Waals surface area contributed by atoms with Crippen molar-refractivity contribution in [2.75, 3.05) is 5.32 Å². The number of imidazole rings is 1. The number of pyridine rings is 1. The zero-order valence-corrected chi connectivity index (χ0v) is 19.4. The standard InChI is InChI=1S/C25H21N5OS2/c31-21(13-15-14-32-24(27-15)19-10-5-6-12-26-19)30-25-22(16-7-1-4-11-20(16)33-25)23-28-17-8-2-3-9-18(17)29-23/h2-3,5-6,8-10,12,14H,1,4,7,11,13H2,(H,28,29)(H,30,31). The largest absolute Gasteiger partial charge is 0.338 e. The molecule has 1 aliphatic carbocycles. The Labute approximate surface area is 198 Å². The summed E-state index contributed by atoms with van der Waals surface area (Å²) in [6.45, 7) is 0. The van der Waals surface area contributed by atoms with Gasteiger partial charge in [0.05, 0.1) is 34.4 Å². The Morgan fingerprint density at radius 1 is 1.06 bits per heavy atom. The molecule has 1 aromatic carbocycles. The van der Waals surface area contributed by atoms with Crippen LogP contribution in [0.4, 0.5) is 5.00 Å². The molecule has 6 nitrogen and oxygen atoms in total. The van der Waals surface area contributed by atoms with Crippen molar-refractivity contribution in [3.05, 3.63) is 70.2 Å². The van der Waals surface area contributed by atoms with Gasteiger partial charge in [0.15, 0.2) is 0 Å². The number of carbonyl (C=O) groups excluding carboxylic acids is 1. The number of carbonyl (C=O) groups is 1. The number of amides is 1. The molecule has 1 aliphatic rings. The van der Waals surface area contributed by atoms with E-state index in [2.05, 4.69) is 20.3 Å². The lowest BCUT2D eigenvalue weighted by Crippen LogP contribution is -2.14. The van der Waals surface area contributed by atoms with Crippen molar-refractivity contribution in [3.63, 3.8) is 0 Å². The minimum Gasteiger partial charge on any atom is -0.338 e. The molecule has 0 spiro atoms. The van der Waals surface area contributed by atoms with Gasteiger partial charge in [-0.25, -0.2) is 9.97 Å². The monoisotopic (exact) mass is 471 g/mol. The summed E-state index contributed by atoms with van der Waals surface area (Å²) in [5.41, 5.74) is 5.89. The molecule has 0 saturated carbocycles.